The number of rotatable bonds is 1. The zero-order valence-corrected chi connectivity index (χ0v) is 11.1. The minimum atomic E-state index is 0. The van der Waals surface area contributed by atoms with E-state index in [1.807, 2.05) is 12.1 Å². The second-order valence-electron chi connectivity index (χ2n) is 5.04. The number of carbonyl (C=O) groups excluding carboxylic acids is 1. The van der Waals surface area contributed by atoms with Gasteiger partial charge in [-0.05, 0) is 49.9 Å². The lowest BCUT2D eigenvalue weighted by molar-refractivity contribution is -0.122. The predicted octanol–water partition coefficient (Wildman–Crippen LogP) is 2.22. The van der Waals surface area contributed by atoms with E-state index < -0.39 is 0 Å². The van der Waals surface area contributed by atoms with Crippen LogP contribution in [0.4, 0.5) is 5.69 Å². The molecule has 2 heterocycles. The summed E-state index contributed by atoms with van der Waals surface area (Å²) in [5.74, 6) is 0.937. The van der Waals surface area contributed by atoms with Crippen LogP contribution in [-0.2, 0) is 11.2 Å². The molecular weight excluding hydrogens is 248 g/mol. The number of piperidine rings is 1. The molecule has 0 spiro atoms. The fourth-order valence-electron chi connectivity index (χ4n) is 3.00. The van der Waals surface area contributed by atoms with Gasteiger partial charge in [0.2, 0.25) is 5.91 Å². The highest BCUT2D eigenvalue weighted by molar-refractivity contribution is 5.95. The Morgan fingerprint density at radius 3 is 2.61 bits per heavy atom. The van der Waals surface area contributed by atoms with Crippen LogP contribution in [0.1, 0.15) is 18.4 Å². The first-order chi connectivity index (χ1) is 8.34. The second kappa shape index (κ2) is 5.72. The van der Waals surface area contributed by atoms with Crippen molar-refractivity contribution in [3.63, 3.8) is 0 Å². The third kappa shape index (κ3) is 2.52. The lowest BCUT2D eigenvalue weighted by Gasteiger charge is -2.33. The summed E-state index contributed by atoms with van der Waals surface area (Å²) in [6.07, 6.45) is 3.16. The van der Waals surface area contributed by atoms with Crippen LogP contribution in [0.15, 0.2) is 24.3 Å². The van der Waals surface area contributed by atoms with Gasteiger partial charge in [0.25, 0.3) is 0 Å². The molecule has 1 aromatic carbocycles. The lowest BCUT2D eigenvalue weighted by atomic mass is 9.78. The standard InChI is InChI=1S/C14H18N2O.ClH/c17-14-12(10-5-7-15-8-6-10)9-11-3-1-2-4-13(11)16-14;/h1-4,10,12,15H,5-9H2,(H,16,17);1H. The largest absolute Gasteiger partial charge is 0.326 e. The quantitative estimate of drug-likeness (QED) is 0.818. The van der Waals surface area contributed by atoms with Gasteiger partial charge in [-0.15, -0.1) is 12.4 Å². The van der Waals surface area contributed by atoms with Gasteiger partial charge in [-0.25, -0.2) is 0 Å². The summed E-state index contributed by atoms with van der Waals surface area (Å²) in [6.45, 7) is 2.10. The molecule has 1 amide bonds. The minimum Gasteiger partial charge on any atom is -0.326 e. The van der Waals surface area contributed by atoms with Crippen LogP contribution < -0.4 is 10.6 Å². The third-order valence-electron chi connectivity index (χ3n) is 4.00. The smallest absolute Gasteiger partial charge is 0.228 e. The molecule has 1 saturated heterocycles. The molecule has 0 aliphatic carbocycles. The summed E-state index contributed by atoms with van der Waals surface area (Å²) in [5.41, 5.74) is 2.29. The summed E-state index contributed by atoms with van der Waals surface area (Å²) in [4.78, 5) is 12.1. The van der Waals surface area contributed by atoms with E-state index in [4.69, 9.17) is 0 Å². The van der Waals surface area contributed by atoms with Crippen molar-refractivity contribution in [3.8, 4) is 0 Å². The topological polar surface area (TPSA) is 41.1 Å². The van der Waals surface area contributed by atoms with Crippen molar-refractivity contribution >= 4 is 24.0 Å². The maximum absolute atomic E-state index is 12.1. The average Bonchev–Trinajstić information content (AvgIpc) is 2.39. The summed E-state index contributed by atoms with van der Waals surface area (Å²) in [6, 6.07) is 8.15. The Hall–Kier alpha value is -1.06. The minimum absolute atomic E-state index is 0. The molecule has 1 fully saturated rings. The van der Waals surface area contributed by atoms with E-state index in [9.17, 15) is 4.79 Å². The lowest BCUT2D eigenvalue weighted by Crippen LogP contribution is -2.40. The molecule has 1 atom stereocenters. The molecule has 2 aliphatic rings. The highest BCUT2D eigenvalue weighted by Crippen LogP contribution is 2.32. The van der Waals surface area contributed by atoms with Gasteiger partial charge in [0.1, 0.15) is 0 Å². The molecule has 0 bridgehead atoms. The van der Waals surface area contributed by atoms with Crippen LogP contribution in [0.5, 0.6) is 0 Å². The van der Waals surface area contributed by atoms with Crippen molar-refractivity contribution in [2.75, 3.05) is 18.4 Å². The number of fused-ring (bicyclic) bond motifs is 1. The van der Waals surface area contributed by atoms with Crippen molar-refractivity contribution < 1.29 is 4.79 Å². The first-order valence-electron chi connectivity index (χ1n) is 6.44. The molecule has 1 aromatic rings. The number of hydrogen-bond donors (Lipinski definition) is 2. The molecule has 3 rings (SSSR count). The van der Waals surface area contributed by atoms with Crippen LogP contribution in [0.25, 0.3) is 0 Å². The number of hydrogen-bond acceptors (Lipinski definition) is 2. The predicted molar refractivity (Wildman–Crippen MR) is 75.1 cm³/mol. The van der Waals surface area contributed by atoms with Gasteiger partial charge in [0.05, 0.1) is 0 Å². The normalized spacial score (nSPS) is 23.8. The van der Waals surface area contributed by atoms with Gasteiger partial charge in [0, 0.05) is 11.6 Å². The number of amides is 1. The Morgan fingerprint density at radius 1 is 1.11 bits per heavy atom. The highest BCUT2D eigenvalue weighted by Gasteiger charge is 2.33. The van der Waals surface area contributed by atoms with Gasteiger partial charge >= 0.3 is 0 Å². The van der Waals surface area contributed by atoms with Crippen molar-refractivity contribution in [1.82, 2.24) is 5.32 Å². The summed E-state index contributed by atoms with van der Waals surface area (Å²) in [5, 5.41) is 6.40. The van der Waals surface area contributed by atoms with E-state index in [-0.39, 0.29) is 24.2 Å². The summed E-state index contributed by atoms with van der Waals surface area (Å²) >= 11 is 0. The molecule has 2 aliphatic heterocycles. The molecule has 0 aromatic heterocycles. The van der Waals surface area contributed by atoms with Crippen LogP contribution in [0.2, 0.25) is 0 Å². The third-order valence-corrected chi connectivity index (χ3v) is 4.00. The summed E-state index contributed by atoms with van der Waals surface area (Å²) in [7, 11) is 0. The second-order valence-corrected chi connectivity index (χ2v) is 5.04. The van der Waals surface area contributed by atoms with Crippen LogP contribution in [0.3, 0.4) is 0 Å². The first-order valence-corrected chi connectivity index (χ1v) is 6.44. The number of benzene rings is 1. The molecule has 0 radical (unpaired) electrons. The molecule has 0 saturated carbocycles. The number of nitrogens with one attached hydrogen (secondary N) is 2. The van der Waals surface area contributed by atoms with E-state index in [1.54, 1.807) is 0 Å². The maximum atomic E-state index is 12.1. The van der Waals surface area contributed by atoms with Crippen LogP contribution >= 0.6 is 12.4 Å². The molecule has 18 heavy (non-hydrogen) atoms. The monoisotopic (exact) mass is 266 g/mol. The fraction of sp³-hybridized carbons (Fsp3) is 0.500. The van der Waals surface area contributed by atoms with Crippen molar-refractivity contribution in [1.29, 1.82) is 0 Å². The van der Waals surface area contributed by atoms with Crippen LogP contribution in [0, 0.1) is 11.8 Å². The SMILES string of the molecule is Cl.O=C1Nc2ccccc2CC1C1CCNCC1. The maximum Gasteiger partial charge on any atom is 0.228 e. The fourth-order valence-corrected chi connectivity index (χ4v) is 3.00. The average molecular weight is 267 g/mol. The van der Waals surface area contributed by atoms with E-state index in [2.05, 4.69) is 22.8 Å². The molecule has 4 heteroatoms. The Bertz CT molecular complexity index is 430. The van der Waals surface area contributed by atoms with Gasteiger partial charge < -0.3 is 10.6 Å². The van der Waals surface area contributed by atoms with Gasteiger partial charge in [-0.2, -0.15) is 0 Å². The molecule has 2 N–H and O–H groups in total. The molecular formula is C14H19ClN2O. The van der Waals surface area contributed by atoms with E-state index in [0.717, 1.165) is 38.0 Å². The zero-order valence-electron chi connectivity index (χ0n) is 10.3. The number of para-hydroxylation sites is 1. The Balaban J connectivity index is 0.00000120. The van der Waals surface area contributed by atoms with Crippen LogP contribution in [-0.4, -0.2) is 19.0 Å². The first kappa shape index (κ1) is 13.4. The highest BCUT2D eigenvalue weighted by atomic mass is 35.5. The van der Waals surface area contributed by atoms with Gasteiger partial charge in [-0.1, -0.05) is 18.2 Å². The van der Waals surface area contributed by atoms with Crippen molar-refractivity contribution in [3.05, 3.63) is 29.8 Å². The molecule has 1 unspecified atom stereocenters. The Labute approximate surface area is 114 Å². The summed E-state index contributed by atoms with van der Waals surface area (Å²) < 4.78 is 0. The van der Waals surface area contributed by atoms with E-state index in [0.29, 0.717) is 5.92 Å². The van der Waals surface area contributed by atoms with Crippen molar-refractivity contribution in [2.45, 2.75) is 19.3 Å². The molecule has 98 valence electrons. The van der Waals surface area contributed by atoms with Gasteiger partial charge in [0.15, 0.2) is 0 Å². The number of carbonyl (C=O) groups is 1. The Morgan fingerprint density at radius 2 is 1.83 bits per heavy atom. The number of halogens is 1. The number of anilines is 1. The van der Waals surface area contributed by atoms with Crippen molar-refractivity contribution in [2.24, 2.45) is 11.8 Å². The van der Waals surface area contributed by atoms with E-state index >= 15 is 0 Å². The van der Waals surface area contributed by atoms with E-state index in [1.165, 1.54) is 5.56 Å². The van der Waals surface area contributed by atoms with Gasteiger partial charge in [-0.3, -0.25) is 4.79 Å². The zero-order chi connectivity index (χ0) is 11.7. The Kier molecular flexibility index (Phi) is 4.25. The molecule has 3 nitrogen and oxygen atoms in total.